The highest BCUT2D eigenvalue weighted by atomic mass is 16.1. The average Bonchev–Trinajstić information content (AvgIpc) is 2.72. The minimum atomic E-state index is 0.0616. The molecule has 0 bridgehead atoms. The van der Waals surface area contributed by atoms with Crippen LogP contribution in [0.2, 0.25) is 0 Å². The summed E-state index contributed by atoms with van der Waals surface area (Å²) in [5, 5.41) is 2.90. The lowest BCUT2D eigenvalue weighted by Gasteiger charge is -2.05. The molecule has 1 aromatic carbocycles. The lowest BCUT2D eigenvalue weighted by molar-refractivity contribution is 0.0953. The van der Waals surface area contributed by atoms with E-state index in [1.165, 1.54) is 24.0 Å². The van der Waals surface area contributed by atoms with E-state index in [9.17, 15) is 4.79 Å². The highest BCUT2D eigenvalue weighted by Gasteiger charge is 2.13. The topological polar surface area (TPSA) is 29.1 Å². The van der Waals surface area contributed by atoms with Gasteiger partial charge in [0.05, 0.1) is 0 Å². The number of rotatable bonds is 3. The fourth-order valence-corrected chi connectivity index (χ4v) is 2.05. The van der Waals surface area contributed by atoms with Gasteiger partial charge in [0.2, 0.25) is 0 Å². The van der Waals surface area contributed by atoms with E-state index in [4.69, 9.17) is 0 Å². The zero-order valence-electron chi connectivity index (χ0n) is 9.18. The Morgan fingerprint density at radius 3 is 2.93 bits per heavy atom. The van der Waals surface area contributed by atoms with Crippen LogP contribution >= 0.6 is 0 Å². The molecule has 0 fully saturated rings. The zero-order valence-corrected chi connectivity index (χ0v) is 9.18. The van der Waals surface area contributed by atoms with Crippen molar-refractivity contribution in [2.24, 2.45) is 0 Å². The van der Waals surface area contributed by atoms with E-state index >= 15 is 0 Å². The summed E-state index contributed by atoms with van der Waals surface area (Å²) < 4.78 is 0. The van der Waals surface area contributed by atoms with Crippen LogP contribution in [0.1, 0.15) is 41.3 Å². The van der Waals surface area contributed by atoms with Crippen LogP contribution in [0, 0.1) is 0 Å². The van der Waals surface area contributed by atoms with Gasteiger partial charge in [0, 0.05) is 12.1 Å². The fourth-order valence-electron chi connectivity index (χ4n) is 2.05. The van der Waals surface area contributed by atoms with E-state index in [0.717, 1.165) is 24.9 Å². The van der Waals surface area contributed by atoms with E-state index < -0.39 is 0 Å². The summed E-state index contributed by atoms with van der Waals surface area (Å²) in [5.41, 5.74) is 3.59. The zero-order chi connectivity index (χ0) is 10.7. The molecule has 15 heavy (non-hydrogen) atoms. The van der Waals surface area contributed by atoms with Gasteiger partial charge in [-0.1, -0.05) is 13.0 Å². The molecule has 0 radical (unpaired) electrons. The SMILES string of the molecule is CCCNC(=O)c1ccc2c(c1)CCC2. The van der Waals surface area contributed by atoms with Crippen molar-refractivity contribution in [3.05, 3.63) is 34.9 Å². The van der Waals surface area contributed by atoms with Crippen LogP contribution < -0.4 is 5.32 Å². The quantitative estimate of drug-likeness (QED) is 0.802. The number of amides is 1. The summed E-state index contributed by atoms with van der Waals surface area (Å²) in [6, 6.07) is 6.09. The van der Waals surface area contributed by atoms with Crippen molar-refractivity contribution >= 4 is 5.91 Å². The number of hydrogen-bond donors (Lipinski definition) is 1. The first-order valence-corrected chi connectivity index (χ1v) is 5.71. The lowest BCUT2D eigenvalue weighted by atomic mass is 10.1. The van der Waals surface area contributed by atoms with Crippen molar-refractivity contribution in [1.29, 1.82) is 0 Å². The maximum absolute atomic E-state index is 11.7. The van der Waals surface area contributed by atoms with Gasteiger partial charge in [-0.05, 0) is 48.9 Å². The Balaban J connectivity index is 2.12. The largest absolute Gasteiger partial charge is 0.352 e. The molecule has 0 atom stereocenters. The van der Waals surface area contributed by atoms with Gasteiger partial charge in [0.15, 0.2) is 0 Å². The highest BCUT2D eigenvalue weighted by Crippen LogP contribution is 2.22. The smallest absolute Gasteiger partial charge is 0.251 e. The van der Waals surface area contributed by atoms with Crippen molar-refractivity contribution in [1.82, 2.24) is 5.32 Å². The summed E-state index contributed by atoms with van der Waals surface area (Å²) in [5.74, 6) is 0.0616. The average molecular weight is 203 g/mol. The van der Waals surface area contributed by atoms with Gasteiger partial charge >= 0.3 is 0 Å². The Kier molecular flexibility index (Phi) is 3.05. The number of aryl methyl sites for hydroxylation is 2. The molecule has 2 rings (SSSR count). The Labute approximate surface area is 90.7 Å². The van der Waals surface area contributed by atoms with E-state index in [-0.39, 0.29) is 5.91 Å². The number of nitrogens with one attached hydrogen (secondary N) is 1. The monoisotopic (exact) mass is 203 g/mol. The first-order valence-electron chi connectivity index (χ1n) is 5.71. The Hall–Kier alpha value is -1.31. The molecule has 0 saturated carbocycles. The number of fused-ring (bicyclic) bond motifs is 1. The molecule has 0 heterocycles. The molecule has 0 saturated heterocycles. The number of carbonyl (C=O) groups is 1. The summed E-state index contributed by atoms with van der Waals surface area (Å²) in [7, 11) is 0. The van der Waals surface area contributed by atoms with Gasteiger partial charge in [-0.2, -0.15) is 0 Å². The molecule has 1 aliphatic rings. The van der Waals surface area contributed by atoms with Crippen LogP contribution in [0.5, 0.6) is 0 Å². The van der Waals surface area contributed by atoms with Crippen LogP contribution in [0.4, 0.5) is 0 Å². The van der Waals surface area contributed by atoms with Crippen LogP contribution in [-0.2, 0) is 12.8 Å². The predicted octanol–water partition coefficient (Wildman–Crippen LogP) is 2.32. The molecule has 1 N–H and O–H groups in total. The summed E-state index contributed by atoms with van der Waals surface area (Å²) in [6.45, 7) is 2.82. The second kappa shape index (κ2) is 4.47. The molecular formula is C13H17NO. The summed E-state index contributed by atoms with van der Waals surface area (Å²) in [4.78, 5) is 11.7. The third kappa shape index (κ3) is 2.20. The first-order chi connectivity index (χ1) is 7.31. The van der Waals surface area contributed by atoms with Crippen LogP contribution in [0.15, 0.2) is 18.2 Å². The molecule has 1 aromatic rings. The lowest BCUT2D eigenvalue weighted by Crippen LogP contribution is -2.24. The van der Waals surface area contributed by atoms with Gasteiger partial charge in [0.1, 0.15) is 0 Å². The molecule has 2 heteroatoms. The van der Waals surface area contributed by atoms with Crippen LogP contribution in [0.25, 0.3) is 0 Å². The third-order valence-electron chi connectivity index (χ3n) is 2.90. The molecule has 1 aliphatic carbocycles. The Bertz CT molecular complexity index is 371. The second-order valence-electron chi connectivity index (χ2n) is 4.09. The molecule has 0 aromatic heterocycles. The van der Waals surface area contributed by atoms with Crippen LogP contribution in [-0.4, -0.2) is 12.5 Å². The third-order valence-corrected chi connectivity index (χ3v) is 2.90. The maximum atomic E-state index is 11.7. The first kappa shape index (κ1) is 10.2. The number of benzene rings is 1. The predicted molar refractivity (Wildman–Crippen MR) is 61.1 cm³/mol. The van der Waals surface area contributed by atoms with Crippen molar-refractivity contribution in [3.63, 3.8) is 0 Å². The van der Waals surface area contributed by atoms with Gasteiger partial charge < -0.3 is 5.32 Å². The standard InChI is InChI=1S/C13H17NO/c1-2-8-14-13(15)12-7-6-10-4-3-5-11(10)9-12/h6-7,9H,2-5,8H2,1H3,(H,14,15). The minimum absolute atomic E-state index is 0.0616. The normalized spacial score (nSPS) is 13.7. The molecule has 0 spiro atoms. The molecule has 0 unspecified atom stereocenters. The Morgan fingerprint density at radius 2 is 2.13 bits per heavy atom. The van der Waals surface area contributed by atoms with Gasteiger partial charge in [0.25, 0.3) is 5.91 Å². The second-order valence-corrected chi connectivity index (χ2v) is 4.09. The van der Waals surface area contributed by atoms with E-state index in [2.05, 4.69) is 18.3 Å². The Morgan fingerprint density at radius 1 is 1.33 bits per heavy atom. The van der Waals surface area contributed by atoms with Gasteiger partial charge in [-0.3, -0.25) is 4.79 Å². The van der Waals surface area contributed by atoms with Crippen molar-refractivity contribution < 1.29 is 4.79 Å². The van der Waals surface area contributed by atoms with E-state index in [1.54, 1.807) is 0 Å². The van der Waals surface area contributed by atoms with Crippen molar-refractivity contribution in [2.45, 2.75) is 32.6 Å². The van der Waals surface area contributed by atoms with Gasteiger partial charge in [-0.25, -0.2) is 0 Å². The van der Waals surface area contributed by atoms with Crippen molar-refractivity contribution in [3.8, 4) is 0 Å². The van der Waals surface area contributed by atoms with Crippen LogP contribution in [0.3, 0.4) is 0 Å². The summed E-state index contributed by atoms with van der Waals surface area (Å²) in [6.07, 6.45) is 4.52. The minimum Gasteiger partial charge on any atom is -0.352 e. The summed E-state index contributed by atoms with van der Waals surface area (Å²) >= 11 is 0. The molecule has 0 aliphatic heterocycles. The molecule has 1 amide bonds. The fraction of sp³-hybridized carbons (Fsp3) is 0.462. The van der Waals surface area contributed by atoms with Gasteiger partial charge in [-0.15, -0.1) is 0 Å². The maximum Gasteiger partial charge on any atom is 0.251 e. The van der Waals surface area contributed by atoms with E-state index in [0.29, 0.717) is 0 Å². The number of carbonyl (C=O) groups excluding carboxylic acids is 1. The molecular weight excluding hydrogens is 186 g/mol. The van der Waals surface area contributed by atoms with E-state index in [1.807, 2.05) is 12.1 Å². The molecule has 2 nitrogen and oxygen atoms in total. The number of hydrogen-bond acceptors (Lipinski definition) is 1. The molecule has 80 valence electrons. The van der Waals surface area contributed by atoms with Crippen molar-refractivity contribution in [2.75, 3.05) is 6.54 Å². The highest BCUT2D eigenvalue weighted by molar-refractivity contribution is 5.94.